The summed E-state index contributed by atoms with van der Waals surface area (Å²) in [5.41, 5.74) is 2.66. The van der Waals surface area contributed by atoms with Gasteiger partial charge in [0.05, 0.1) is 6.04 Å². The second kappa shape index (κ2) is 12.0. The second-order valence-electron chi connectivity index (χ2n) is 9.13. The highest BCUT2D eigenvalue weighted by atomic mass is 35.5. The van der Waals surface area contributed by atoms with Gasteiger partial charge in [-0.25, -0.2) is 4.39 Å². The minimum Gasteiger partial charge on any atom is -0.331 e. The van der Waals surface area contributed by atoms with Crippen LogP contribution in [0.2, 0.25) is 5.02 Å². The van der Waals surface area contributed by atoms with Crippen molar-refractivity contribution >= 4 is 34.1 Å². The lowest BCUT2D eigenvalue weighted by molar-refractivity contribution is -0.123. The van der Waals surface area contributed by atoms with E-state index in [0.29, 0.717) is 23.4 Å². The van der Waals surface area contributed by atoms with E-state index in [2.05, 4.69) is 12.1 Å². The zero-order chi connectivity index (χ0) is 25.5. The average Bonchev–Trinajstić information content (AvgIpc) is 2.90. The number of halogens is 2. The third-order valence-electron chi connectivity index (χ3n) is 6.53. The number of Topliss-reactive ketones (excluding diaryl/α,β-unsaturated/α-hetero) is 1. The summed E-state index contributed by atoms with van der Waals surface area (Å²) in [7, 11) is 1.68. The number of rotatable bonds is 10. The number of carbonyl (C=O) groups is 2. The van der Waals surface area contributed by atoms with Crippen LogP contribution < -0.4 is 0 Å². The van der Waals surface area contributed by atoms with Gasteiger partial charge in [-0.3, -0.25) is 9.59 Å². The summed E-state index contributed by atoms with van der Waals surface area (Å²) in [6, 6.07) is 26.6. The number of fused-ring (bicyclic) bond motifs is 1. The lowest BCUT2D eigenvalue weighted by Gasteiger charge is -2.28. The summed E-state index contributed by atoms with van der Waals surface area (Å²) in [4.78, 5) is 28.4. The molecule has 0 aliphatic rings. The number of ketones is 1. The maximum absolute atomic E-state index is 13.6. The van der Waals surface area contributed by atoms with Crippen molar-refractivity contribution in [1.82, 2.24) is 4.90 Å². The molecule has 0 saturated heterocycles. The first kappa shape index (κ1) is 25.6. The van der Waals surface area contributed by atoms with Crippen molar-refractivity contribution in [3.8, 4) is 0 Å². The Morgan fingerprint density at radius 1 is 0.833 bits per heavy atom. The molecule has 0 bridgehead atoms. The quantitative estimate of drug-likeness (QED) is 0.214. The number of hydrogen-bond donors (Lipinski definition) is 0. The molecule has 5 heteroatoms. The summed E-state index contributed by atoms with van der Waals surface area (Å²) in [5.74, 6) is -0.519. The van der Waals surface area contributed by atoms with Crippen molar-refractivity contribution in [3.63, 3.8) is 0 Å². The molecule has 36 heavy (non-hydrogen) atoms. The molecule has 0 heterocycles. The number of nitrogens with zero attached hydrogens (tertiary/aromatic N) is 1. The van der Waals surface area contributed by atoms with Crippen molar-refractivity contribution in [2.75, 3.05) is 7.05 Å². The minimum absolute atomic E-state index is 0.0386. The number of carbonyl (C=O) groups excluding carboxylic acids is 2. The van der Waals surface area contributed by atoms with E-state index in [0.717, 1.165) is 35.6 Å². The molecule has 4 aromatic carbocycles. The van der Waals surface area contributed by atoms with E-state index in [9.17, 15) is 14.0 Å². The third-order valence-corrected chi connectivity index (χ3v) is 6.78. The van der Waals surface area contributed by atoms with E-state index >= 15 is 0 Å². The monoisotopic (exact) mass is 501 g/mol. The summed E-state index contributed by atoms with van der Waals surface area (Å²) >= 11 is 6.04. The highest BCUT2D eigenvalue weighted by Gasteiger charge is 2.27. The van der Waals surface area contributed by atoms with Crippen LogP contribution in [0, 0.1) is 5.82 Å². The molecule has 4 rings (SSSR count). The van der Waals surface area contributed by atoms with Crippen molar-refractivity contribution in [2.24, 2.45) is 0 Å². The van der Waals surface area contributed by atoms with Gasteiger partial charge in [0.1, 0.15) is 5.82 Å². The van der Waals surface area contributed by atoms with E-state index in [1.54, 1.807) is 48.3 Å². The van der Waals surface area contributed by atoms with E-state index in [1.807, 2.05) is 30.3 Å². The topological polar surface area (TPSA) is 37.4 Å². The molecule has 0 fully saturated rings. The van der Waals surface area contributed by atoms with E-state index in [-0.39, 0.29) is 17.5 Å². The molecule has 184 valence electrons. The third kappa shape index (κ3) is 6.58. The first-order chi connectivity index (χ1) is 17.4. The minimum atomic E-state index is -0.598. The van der Waals surface area contributed by atoms with Crippen LogP contribution in [0.3, 0.4) is 0 Å². The first-order valence-corrected chi connectivity index (χ1v) is 12.6. The van der Waals surface area contributed by atoms with Crippen molar-refractivity contribution in [2.45, 2.75) is 38.1 Å². The lowest BCUT2D eigenvalue weighted by Crippen LogP contribution is -2.44. The van der Waals surface area contributed by atoms with Gasteiger partial charge in [0.2, 0.25) is 0 Å². The smallest absolute Gasteiger partial charge is 0.254 e. The molecule has 1 atom stereocenters. The van der Waals surface area contributed by atoms with Gasteiger partial charge in [-0.2, -0.15) is 0 Å². The molecule has 0 saturated carbocycles. The van der Waals surface area contributed by atoms with Gasteiger partial charge in [0.15, 0.2) is 5.78 Å². The Morgan fingerprint density at radius 2 is 1.53 bits per heavy atom. The van der Waals surface area contributed by atoms with Crippen LogP contribution in [0.4, 0.5) is 4.39 Å². The maximum Gasteiger partial charge on any atom is 0.254 e. The fraction of sp³-hybridized carbons (Fsp3) is 0.226. The molecule has 4 aromatic rings. The van der Waals surface area contributed by atoms with Gasteiger partial charge >= 0.3 is 0 Å². The van der Waals surface area contributed by atoms with Crippen LogP contribution in [0.5, 0.6) is 0 Å². The predicted octanol–water partition coefficient (Wildman–Crippen LogP) is 7.30. The Kier molecular flexibility index (Phi) is 8.50. The molecule has 0 aliphatic heterocycles. The predicted molar refractivity (Wildman–Crippen MR) is 144 cm³/mol. The Balaban J connectivity index is 1.49. The zero-order valence-electron chi connectivity index (χ0n) is 20.3. The average molecular weight is 502 g/mol. The van der Waals surface area contributed by atoms with E-state index in [1.165, 1.54) is 17.7 Å². The highest BCUT2D eigenvalue weighted by molar-refractivity contribution is 6.30. The number of benzene rings is 4. The van der Waals surface area contributed by atoms with Crippen molar-refractivity contribution < 1.29 is 14.0 Å². The van der Waals surface area contributed by atoms with Gasteiger partial charge in [-0.15, -0.1) is 0 Å². The van der Waals surface area contributed by atoms with E-state index < -0.39 is 6.04 Å². The van der Waals surface area contributed by atoms with Gasteiger partial charge in [-0.05, 0) is 84.0 Å². The molecule has 0 unspecified atom stereocenters. The summed E-state index contributed by atoms with van der Waals surface area (Å²) in [5, 5.41) is 2.12. The maximum atomic E-state index is 13.6. The van der Waals surface area contributed by atoms with E-state index in [4.69, 9.17) is 11.6 Å². The van der Waals surface area contributed by atoms with Crippen LogP contribution in [0.1, 0.15) is 40.7 Å². The van der Waals surface area contributed by atoms with Crippen molar-refractivity contribution in [1.29, 1.82) is 0 Å². The Bertz CT molecular complexity index is 1340. The van der Waals surface area contributed by atoms with Gasteiger partial charge in [-0.1, -0.05) is 66.2 Å². The Hall–Kier alpha value is -3.50. The molecular weight excluding hydrogens is 473 g/mol. The first-order valence-electron chi connectivity index (χ1n) is 12.2. The number of hydrogen-bond acceptors (Lipinski definition) is 2. The molecular formula is C31H29ClFNO2. The number of amides is 1. The van der Waals surface area contributed by atoms with Crippen LogP contribution in [-0.4, -0.2) is 29.7 Å². The molecule has 3 nitrogen and oxygen atoms in total. The molecule has 0 radical (unpaired) electrons. The van der Waals surface area contributed by atoms with Gasteiger partial charge < -0.3 is 4.90 Å². The zero-order valence-corrected chi connectivity index (χ0v) is 21.0. The number of aryl methyl sites for hydroxylation is 1. The Labute approximate surface area is 216 Å². The van der Waals surface area contributed by atoms with Gasteiger partial charge in [0, 0.05) is 24.1 Å². The molecule has 0 spiro atoms. The standard InChI is InChI=1S/C31H29ClFNO2/c1-34(31(36)26-14-13-25-21-28(33)18-15-24(25)20-26)29(19-23-11-16-27(32)17-12-23)30(35)10-6-5-9-22-7-3-2-4-8-22/h2-4,7-8,11-18,20-21,29H,5-6,9-10,19H2,1H3/t29-/m0/s1. The summed E-state index contributed by atoms with van der Waals surface area (Å²) < 4.78 is 13.6. The van der Waals surface area contributed by atoms with Crippen molar-refractivity contribution in [3.05, 3.63) is 119 Å². The second-order valence-corrected chi connectivity index (χ2v) is 9.56. The normalized spacial score (nSPS) is 11.9. The lowest BCUT2D eigenvalue weighted by atomic mass is 9.96. The molecule has 0 N–H and O–H groups in total. The number of likely N-dealkylation sites (N-methyl/N-ethyl adjacent to an activating group) is 1. The largest absolute Gasteiger partial charge is 0.331 e. The fourth-order valence-corrected chi connectivity index (χ4v) is 4.57. The molecule has 0 aromatic heterocycles. The fourth-order valence-electron chi connectivity index (χ4n) is 4.44. The molecule has 1 amide bonds. The van der Waals surface area contributed by atoms with Crippen LogP contribution >= 0.6 is 11.6 Å². The van der Waals surface area contributed by atoms with Gasteiger partial charge in [0.25, 0.3) is 5.91 Å². The Morgan fingerprint density at radius 3 is 2.28 bits per heavy atom. The number of unbranched alkanes of at least 4 members (excludes halogenated alkanes) is 1. The highest BCUT2D eigenvalue weighted by Crippen LogP contribution is 2.21. The summed E-state index contributed by atoms with van der Waals surface area (Å²) in [6.07, 6.45) is 3.40. The summed E-state index contributed by atoms with van der Waals surface area (Å²) in [6.45, 7) is 0. The van der Waals surface area contributed by atoms with Crippen LogP contribution in [-0.2, 0) is 17.6 Å². The molecule has 0 aliphatic carbocycles. The van der Waals surface area contributed by atoms with Crippen LogP contribution in [0.25, 0.3) is 10.8 Å². The SMILES string of the molecule is CN(C(=O)c1ccc2cc(F)ccc2c1)[C@@H](Cc1ccc(Cl)cc1)C(=O)CCCCc1ccccc1. The van der Waals surface area contributed by atoms with Crippen LogP contribution in [0.15, 0.2) is 91.0 Å².